The Balaban J connectivity index is 1.89. The smallest absolute Gasteiger partial charge is 0.383 e. The van der Waals surface area contributed by atoms with E-state index in [9.17, 15) is 18.0 Å². The minimum absolute atomic E-state index is 0.00649. The van der Waals surface area contributed by atoms with Crippen molar-refractivity contribution in [3.05, 3.63) is 82.5 Å². The first-order chi connectivity index (χ1) is 14.5. The molecule has 3 rings (SSSR count). The number of benzene rings is 2. The van der Waals surface area contributed by atoms with E-state index in [0.717, 1.165) is 17.7 Å². The zero-order valence-electron chi connectivity index (χ0n) is 17.1. The molecule has 2 aromatic carbocycles. The number of nitrogens with two attached hydrogens (primary N) is 2. The molecule has 1 amide bonds. The zero-order chi connectivity index (χ0) is 22.8. The van der Waals surface area contributed by atoms with E-state index in [0.29, 0.717) is 12.2 Å². The van der Waals surface area contributed by atoms with Gasteiger partial charge in [-0.1, -0.05) is 42.5 Å². The van der Waals surface area contributed by atoms with Gasteiger partial charge in [0.1, 0.15) is 17.1 Å². The van der Waals surface area contributed by atoms with Gasteiger partial charge in [-0.2, -0.15) is 18.3 Å². The standard InChI is InChI=1S/C22H23F3N4O2/c1-21(2,15-8-10-16(11-9-15)22(23,24)25)29-19(26)18(20(27)30)17(28-29)13-31-12-14-6-4-3-5-7-14/h3-11H,12-13,26H2,1-2H3,(H2,27,30). The lowest BCUT2D eigenvalue weighted by Crippen LogP contribution is -2.30. The molecule has 0 saturated carbocycles. The summed E-state index contributed by atoms with van der Waals surface area (Å²) in [5, 5.41) is 4.43. The summed E-state index contributed by atoms with van der Waals surface area (Å²) in [4.78, 5) is 12.0. The molecule has 0 aliphatic rings. The average Bonchev–Trinajstić information content (AvgIpc) is 3.05. The largest absolute Gasteiger partial charge is 0.416 e. The van der Waals surface area contributed by atoms with Gasteiger partial charge in [0.15, 0.2) is 0 Å². The van der Waals surface area contributed by atoms with E-state index in [1.807, 2.05) is 30.3 Å². The minimum Gasteiger partial charge on any atom is -0.383 e. The molecule has 0 bridgehead atoms. The number of rotatable bonds is 7. The number of alkyl halides is 3. The van der Waals surface area contributed by atoms with Crippen molar-refractivity contribution in [2.75, 3.05) is 5.73 Å². The summed E-state index contributed by atoms with van der Waals surface area (Å²) < 4.78 is 45.7. The third-order valence-corrected chi connectivity index (χ3v) is 5.04. The predicted octanol–water partition coefficient (Wildman–Crippen LogP) is 4.08. The molecule has 0 saturated heterocycles. The molecule has 31 heavy (non-hydrogen) atoms. The first-order valence-corrected chi connectivity index (χ1v) is 9.49. The highest BCUT2D eigenvalue weighted by atomic mass is 19.4. The van der Waals surface area contributed by atoms with Crippen molar-refractivity contribution in [2.24, 2.45) is 5.73 Å². The highest BCUT2D eigenvalue weighted by Gasteiger charge is 2.33. The maximum atomic E-state index is 12.9. The first kappa shape index (κ1) is 22.4. The van der Waals surface area contributed by atoms with Gasteiger partial charge in [-0.3, -0.25) is 4.79 Å². The zero-order valence-corrected chi connectivity index (χ0v) is 17.1. The van der Waals surface area contributed by atoms with E-state index in [-0.39, 0.29) is 23.7 Å². The number of carbonyl (C=O) groups excluding carboxylic acids is 1. The van der Waals surface area contributed by atoms with Gasteiger partial charge in [-0.15, -0.1) is 0 Å². The van der Waals surface area contributed by atoms with Gasteiger partial charge < -0.3 is 16.2 Å². The molecule has 0 unspecified atom stereocenters. The third-order valence-electron chi connectivity index (χ3n) is 5.04. The molecule has 4 N–H and O–H groups in total. The second-order valence-electron chi connectivity index (χ2n) is 7.60. The van der Waals surface area contributed by atoms with Gasteiger partial charge in [0.05, 0.1) is 24.3 Å². The van der Waals surface area contributed by atoms with Gasteiger partial charge in [0.2, 0.25) is 0 Å². The molecule has 9 heteroatoms. The second kappa shape index (κ2) is 8.43. The summed E-state index contributed by atoms with van der Waals surface area (Å²) in [5.41, 5.74) is 11.8. The summed E-state index contributed by atoms with van der Waals surface area (Å²) in [6, 6.07) is 14.2. The summed E-state index contributed by atoms with van der Waals surface area (Å²) in [7, 11) is 0. The molecular weight excluding hydrogens is 409 g/mol. The summed E-state index contributed by atoms with van der Waals surface area (Å²) in [6.45, 7) is 3.76. The van der Waals surface area contributed by atoms with Crippen LogP contribution in [0.15, 0.2) is 54.6 Å². The molecule has 6 nitrogen and oxygen atoms in total. The van der Waals surface area contributed by atoms with Crippen molar-refractivity contribution in [3.8, 4) is 0 Å². The topological polar surface area (TPSA) is 96.2 Å². The molecule has 164 valence electrons. The maximum absolute atomic E-state index is 12.9. The van der Waals surface area contributed by atoms with Crippen molar-refractivity contribution in [1.29, 1.82) is 0 Å². The van der Waals surface area contributed by atoms with Crippen LogP contribution >= 0.6 is 0 Å². The van der Waals surface area contributed by atoms with Crippen molar-refractivity contribution < 1.29 is 22.7 Å². The lowest BCUT2D eigenvalue weighted by molar-refractivity contribution is -0.137. The number of hydrogen-bond acceptors (Lipinski definition) is 4. The van der Waals surface area contributed by atoms with E-state index < -0.39 is 23.2 Å². The Kier molecular flexibility index (Phi) is 6.08. The summed E-state index contributed by atoms with van der Waals surface area (Å²) in [5.74, 6) is -0.735. The van der Waals surface area contributed by atoms with Gasteiger partial charge >= 0.3 is 6.18 Å². The van der Waals surface area contributed by atoms with Crippen LogP contribution in [0.3, 0.4) is 0 Å². The van der Waals surface area contributed by atoms with Gasteiger partial charge in [-0.05, 0) is 37.1 Å². The SMILES string of the molecule is CC(C)(c1ccc(C(F)(F)F)cc1)n1nc(COCc2ccccc2)c(C(N)=O)c1N. The molecule has 0 atom stereocenters. The number of amides is 1. The van der Waals surface area contributed by atoms with E-state index in [1.54, 1.807) is 13.8 Å². The second-order valence-corrected chi connectivity index (χ2v) is 7.60. The molecule has 3 aromatic rings. The number of nitrogen functional groups attached to an aromatic ring is 1. The molecule has 1 aromatic heterocycles. The average molecular weight is 432 g/mol. The third kappa shape index (κ3) is 4.72. The number of hydrogen-bond donors (Lipinski definition) is 2. The van der Waals surface area contributed by atoms with Crippen LogP contribution in [-0.4, -0.2) is 15.7 Å². The number of anilines is 1. The molecule has 0 spiro atoms. The van der Waals surface area contributed by atoms with Gasteiger partial charge in [-0.25, -0.2) is 4.68 Å². The van der Waals surface area contributed by atoms with Crippen molar-refractivity contribution >= 4 is 11.7 Å². The number of carbonyl (C=O) groups is 1. The van der Waals surface area contributed by atoms with Crippen LogP contribution in [0, 0.1) is 0 Å². The highest BCUT2D eigenvalue weighted by molar-refractivity contribution is 5.98. The van der Waals surface area contributed by atoms with Crippen LogP contribution in [0.25, 0.3) is 0 Å². The monoisotopic (exact) mass is 432 g/mol. The molecule has 0 fully saturated rings. The highest BCUT2D eigenvalue weighted by Crippen LogP contribution is 2.34. The van der Waals surface area contributed by atoms with Crippen LogP contribution < -0.4 is 11.5 Å². The molecule has 0 aliphatic carbocycles. The predicted molar refractivity (Wildman–Crippen MR) is 110 cm³/mol. The maximum Gasteiger partial charge on any atom is 0.416 e. The Hall–Kier alpha value is -3.33. The van der Waals surface area contributed by atoms with Crippen LogP contribution in [0.5, 0.6) is 0 Å². The fraction of sp³-hybridized carbons (Fsp3) is 0.273. The van der Waals surface area contributed by atoms with Gasteiger partial charge in [0.25, 0.3) is 5.91 Å². The Morgan fingerprint density at radius 1 is 1.00 bits per heavy atom. The fourth-order valence-electron chi connectivity index (χ4n) is 3.30. The quantitative estimate of drug-likeness (QED) is 0.588. The van der Waals surface area contributed by atoms with Crippen molar-refractivity contribution in [2.45, 2.75) is 38.8 Å². The van der Waals surface area contributed by atoms with E-state index in [1.165, 1.54) is 16.8 Å². The number of halogens is 3. The Labute approximate surface area is 177 Å². The minimum atomic E-state index is -4.43. The molecule has 0 aliphatic heterocycles. The van der Waals surface area contributed by atoms with E-state index >= 15 is 0 Å². The van der Waals surface area contributed by atoms with Crippen molar-refractivity contribution in [1.82, 2.24) is 9.78 Å². The van der Waals surface area contributed by atoms with Crippen LogP contribution in [0.4, 0.5) is 19.0 Å². The van der Waals surface area contributed by atoms with E-state index in [4.69, 9.17) is 16.2 Å². The van der Waals surface area contributed by atoms with Crippen LogP contribution in [-0.2, 0) is 29.7 Å². The Morgan fingerprint density at radius 3 is 2.13 bits per heavy atom. The Bertz CT molecular complexity index is 1060. The normalized spacial score (nSPS) is 12.2. The number of primary amides is 1. The lowest BCUT2D eigenvalue weighted by atomic mass is 9.93. The molecular formula is C22H23F3N4O2. The Morgan fingerprint density at radius 2 is 1.58 bits per heavy atom. The fourth-order valence-corrected chi connectivity index (χ4v) is 3.30. The summed E-state index contributed by atoms with van der Waals surface area (Å²) >= 11 is 0. The lowest BCUT2D eigenvalue weighted by Gasteiger charge is -2.27. The summed E-state index contributed by atoms with van der Waals surface area (Å²) in [6.07, 6.45) is -4.43. The van der Waals surface area contributed by atoms with Crippen LogP contribution in [0.2, 0.25) is 0 Å². The number of ether oxygens (including phenoxy) is 1. The number of aromatic nitrogens is 2. The van der Waals surface area contributed by atoms with Crippen LogP contribution in [0.1, 0.15) is 46.6 Å². The molecule has 1 heterocycles. The molecule has 0 radical (unpaired) electrons. The number of nitrogens with zero attached hydrogens (tertiary/aromatic N) is 2. The van der Waals surface area contributed by atoms with Crippen molar-refractivity contribution in [3.63, 3.8) is 0 Å². The van der Waals surface area contributed by atoms with Gasteiger partial charge in [0, 0.05) is 0 Å². The van der Waals surface area contributed by atoms with E-state index in [2.05, 4.69) is 5.10 Å². The first-order valence-electron chi connectivity index (χ1n) is 9.49.